The molecule has 0 unspecified atom stereocenters. The van der Waals surface area contributed by atoms with E-state index in [1.165, 1.54) is 0 Å². The van der Waals surface area contributed by atoms with Crippen molar-refractivity contribution in [3.05, 3.63) is 0 Å². The Morgan fingerprint density at radius 3 is 2.53 bits per heavy atom. The van der Waals surface area contributed by atoms with Gasteiger partial charge in [-0.2, -0.15) is 0 Å². The number of likely N-dealkylation sites (tertiary alicyclic amines) is 1. The predicted octanol–water partition coefficient (Wildman–Crippen LogP) is 0.358. The van der Waals surface area contributed by atoms with E-state index in [1.807, 2.05) is 0 Å². The van der Waals surface area contributed by atoms with Crippen molar-refractivity contribution in [1.29, 1.82) is 0 Å². The number of aliphatic hydroxyl groups is 1. The van der Waals surface area contributed by atoms with E-state index < -0.39 is 0 Å². The molecule has 1 amide bonds. The lowest BCUT2D eigenvalue weighted by Crippen LogP contribution is -2.41. The van der Waals surface area contributed by atoms with Gasteiger partial charge < -0.3 is 15.7 Å². The molecule has 0 bridgehead atoms. The lowest BCUT2D eigenvalue weighted by molar-refractivity contribution is -0.119. The van der Waals surface area contributed by atoms with Gasteiger partial charge in [-0.15, -0.1) is 24.8 Å². The van der Waals surface area contributed by atoms with Gasteiger partial charge in [0.05, 0.1) is 6.73 Å². The van der Waals surface area contributed by atoms with Crippen molar-refractivity contribution in [3.63, 3.8) is 0 Å². The third kappa shape index (κ3) is 5.44. The third-order valence-corrected chi connectivity index (χ3v) is 3.97. The van der Waals surface area contributed by atoms with Crippen LogP contribution < -0.4 is 10.6 Å². The minimum Gasteiger partial charge on any atom is -0.381 e. The maximum atomic E-state index is 11.0. The Balaban J connectivity index is 0.00000162. The van der Waals surface area contributed by atoms with Crippen LogP contribution in [0, 0.1) is 5.92 Å². The minimum absolute atomic E-state index is 0. The number of hydrogen-bond donors (Lipinski definition) is 3. The van der Waals surface area contributed by atoms with Crippen LogP contribution in [0.15, 0.2) is 0 Å². The molecule has 2 atom stereocenters. The van der Waals surface area contributed by atoms with Crippen molar-refractivity contribution in [2.45, 2.75) is 38.3 Å². The lowest BCUT2D eigenvalue weighted by Gasteiger charge is -2.33. The summed E-state index contributed by atoms with van der Waals surface area (Å²) >= 11 is 0. The van der Waals surface area contributed by atoms with Gasteiger partial charge in [0, 0.05) is 38.6 Å². The van der Waals surface area contributed by atoms with Crippen LogP contribution in [0.3, 0.4) is 0 Å². The molecule has 2 fully saturated rings. The van der Waals surface area contributed by atoms with Gasteiger partial charge in [-0.05, 0) is 25.2 Å². The van der Waals surface area contributed by atoms with Gasteiger partial charge in [0.15, 0.2) is 0 Å². The molecule has 0 aliphatic carbocycles. The first-order chi connectivity index (χ1) is 8.19. The molecule has 0 radical (unpaired) electrons. The molecule has 0 aromatic carbocycles. The molecule has 19 heavy (non-hydrogen) atoms. The van der Waals surface area contributed by atoms with E-state index in [9.17, 15) is 4.79 Å². The highest BCUT2D eigenvalue weighted by molar-refractivity contribution is 5.85. The highest BCUT2D eigenvalue weighted by Gasteiger charge is 2.32. The minimum atomic E-state index is 0. The maximum Gasteiger partial charge on any atom is 0.217 e. The summed E-state index contributed by atoms with van der Waals surface area (Å²) in [6, 6.07) is 0.834. The van der Waals surface area contributed by atoms with Crippen molar-refractivity contribution >= 4 is 30.7 Å². The zero-order valence-electron chi connectivity index (χ0n) is 11.3. The molecule has 2 heterocycles. The van der Waals surface area contributed by atoms with Crippen molar-refractivity contribution in [3.8, 4) is 0 Å². The number of rotatable bonds is 3. The van der Waals surface area contributed by atoms with Crippen molar-refractivity contribution < 1.29 is 9.90 Å². The van der Waals surface area contributed by atoms with Gasteiger partial charge in [-0.25, -0.2) is 0 Å². The quantitative estimate of drug-likeness (QED) is 0.704. The molecule has 3 N–H and O–H groups in total. The van der Waals surface area contributed by atoms with Crippen LogP contribution in [0.25, 0.3) is 0 Å². The summed E-state index contributed by atoms with van der Waals surface area (Å²) in [4.78, 5) is 13.1. The second-order valence-corrected chi connectivity index (χ2v) is 5.24. The summed E-state index contributed by atoms with van der Waals surface area (Å²) in [5, 5.41) is 15.5. The molecule has 5 nitrogen and oxygen atoms in total. The van der Waals surface area contributed by atoms with Crippen LogP contribution >= 0.6 is 24.8 Å². The Labute approximate surface area is 127 Å². The van der Waals surface area contributed by atoms with E-state index in [1.54, 1.807) is 6.92 Å². The number of carbonyl (C=O) groups is 1. The molecular formula is C12H25Cl2N3O2. The molecule has 2 saturated heterocycles. The fraction of sp³-hybridized carbons (Fsp3) is 0.917. The molecule has 0 saturated carbocycles. The average molecular weight is 314 g/mol. The van der Waals surface area contributed by atoms with Gasteiger partial charge in [0.2, 0.25) is 5.91 Å². The van der Waals surface area contributed by atoms with Crippen LogP contribution in [-0.2, 0) is 4.79 Å². The second-order valence-electron chi connectivity index (χ2n) is 5.24. The number of piperidine rings is 1. The molecule has 0 aromatic rings. The van der Waals surface area contributed by atoms with Crippen molar-refractivity contribution in [2.75, 3.05) is 26.4 Å². The molecule has 2 aliphatic rings. The van der Waals surface area contributed by atoms with Gasteiger partial charge in [-0.3, -0.25) is 9.69 Å². The third-order valence-electron chi connectivity index (χ3n) is 3.97. The molecule has 114 valence electrons. The van der Waals surface area contributed by atoms with Crippen LogP contribution in [0.4, 0.5) is 0 Å². The predicted molar refractivity (Wildman–Crippen MR) is 79.9 cm³/mol. The number of nitrogens with one attached hydrogen (secondary N) is 2. The van der Waals surface area contributed by atoms with Crippen LogP contribution in [0.1, 0.15) is 26.2 Å². The van der Waals surface area contributed by atoms with Crippen LogP contribution in [-0.4, -0.2) is 54.4 Å². The van der Waals surface area contributed by atoms with Crippen LogP contribution in [0.5, 0.6) is 0 Å². The standard InChI is InChI=1S/C12H23N3O2.2ClH/c1-9(17)14-11-6-12(13-7-11)10-2-4-15(8-16)5-3-10;;/h10-13,16H,2-8H2,1H3,(H,14,17);2*1H/t11-,12+;;/m1../s1. The second kappa shape index (κ2) is 8.97. The van der Waals surface area contributed by atoms with Gasteiger partial charge >= 0.3 is 0 Å². The number of halogens is 2. The Morgan fingerprint density at radius 2 is 2.00 bits per heavy atom. The number of hydrogen-bond acceptors (Lipinski definition) is 4. The fourth-order valence-electron chi connectivity index (χ4n) is 3.02. The van der Waals surface area contributed by atoms with Crippen molar-refractivity contribution in [1.82, 2.24) is 15.5 Å². The van der Waals surface area contributed by atoms with E-state index in [0.717, 1.165) is 38.9 Å². The SMILES string of the molecule is CC(=O)N[C@H]1CN[C@H](C2CCN(CO)CC2)C1.Cl.Cl. The summed E-state index contributed by atoms with van der Waals surface area (Å²) in [7, 11) is 0. The van der Waals surface area contributed by atoms with E-state index >= 15 is 0 Å². The number of carbonyl (C=O) groups excluding carboxylic acids is 1. The smallest absolute Gasteiger partial charge is 0.217 e. The number of aliphatic hydroxyl groups excluding tert-OH is 1. The summed E-state index contributed by atoms with van der Waals surface area (Å²) in [6.07, 6.45) is 3.33. The average Bonchev–Trinajstić information content (AvgIpc) is 2.77. The topological polar surface area (TPSA) is 64.6 Å². The maximum absolute atomic E-state index is 11.0. The van der Waals surface area contributed by atoms with E-state index in [4.69, 9.17) is 5.11 Å². The zero-order chi connectivity index (χ0) is 12.3. The first-order valence-electron chi connectivity index (χ1n) is 6.52. The number of nitrogens with zero attached hydrogens (tertiary/aromatic N) is 1. The normalized spacial score (nSPS) is 28.3. The monoisotopic (exact) mass is 313 g/mol. The highest BCUT2D eigenvalue weighted by atomic mass is 35.5. The Kier molecular flexibility index (Phi) is 8.94. The van der Waals surface area contributed by atoms with Gasteiger partial charge in [0.25, 0.3) is 0 Å². The molecule has 7 heteroatoms. The fourth-order valence-corrected chi connectivity index (χ4v) is 3.02. The molecule has 0 aromatic heterocycles. The van der Waals surface area contributed by atoms with E-state index in [2.05, 4.69) is 15.5 Å². The van der Waals surface area contributed by atoms with Crippen molar-refractivity contribution in [2.24, 2.45) is 5.92 Å². The van der Waals surface area contributed by atoms with Gasteiger partial charge in [-0.1, -0.05) is 0 Å². The largest absolute Gasteiger partial charge is 0.381 e. The number of amides is 1. The summed E-state index contributed by atoms with van der Waals surface area (Å²) in [5.41, 5.74) is 0. The highest BCUT2D eigenvalue weighted by Crippen LogP contribution is 2.25. The summed E-state index contributed by atoms with van der Waals surface area (Å²) < 4.78 is 0. The van der Waals surface area contributed by atoms with E-state index in [-0.39, 0.29) is 37.5 Å². The lowest BCUT2D eigenvalue weighted by atomic mass is 9.88. The van der Waals surface area contributed by atoms with Gasteiger partial charge in [0.1, 0.15) is 0 Å². The molecular weight excluding hydrogens is 289 g/mol. The Morgan fingerprint density at radius 1 is 1.37 bits per heavy atom. The first kappa shape index (κ1) is 18.9. The van der Waals surface area contributed by atoms with E-state index in [0.29, 0.717) is 18.0 Å². The Bertz CT molecular complexity index is 274. The molecule has 2 rings (SSSR count). The zero-order valence-corrected chi connectivity index (χ0v) is 12.9. The summed E-state index contributed by atoms with van der Waals surface area (Å²) in [6.45, 7) is 4.63. The Hall–Kier alpha value is -0.0700. The summed E-state index contributed by atoms with van der Waals surface area (Å²) in [5.74, 6) is 0.754. The van der Waals surface area contributed by atoms with Crippen LogP contribution in [0.2, 0.25) is 0 Å². The first-order valence-corrected chi connectivity index (χ1v) is 6.52. The molecule has 0 spiro atoms. The molecule has 2 aliphatic heterocycles.